The number of rotatable bonds is 5. The van der Waals surface area contributed by atoms with Crippen molar-refractivity contribution in [2.24, 2.45) is 0 Å². The molecule has 1 unspecified atom stereocenters. The average molecular weight is 558 g/mol. The fourth-order valence-electron chi connectivity index (χ4n) is 4.30. The normalized spacial score (nSPS) is 16.1. The van der Waals surface area contributed by atoms with Crippen LogP contribution in [0.3, 0.4) is 0 Å². The first-order chi connectivity index (χ1) is 18.0. The summed E-state index contributed by atoms with van der Waals surface area (Å²) in [7, 11) is 0. The first-order valence-electron chi connectivity index (χ1n) is 11.1. The summed E-state index contributed by atoms with van der Waals surface area (Å²) < 4.78 is 80.9. The first-order valence-corrected chi connectivity index (χ1v) is 11.4. The van der Waals surface area contributed by atoms with Crippen molar-refractivity contribution in [2.45, 2.75) is 24.8 Å². The molecule has 2 N–H and O–H groups in total. The highest BCUT2D eigenvalue weighted by molar-refractivity contribution is 6.31. The number of aromatic nitrogens is 6. The zero-order valence-electron chi connectivity index (χ0n) is 19.0. The van der Waals surface area contributed by atoms with Gasteiger partial charge < -0.3 is 15.2 Å². The van der Waals surface area contributed by atoms with Gasteiger partial charge in [-0.15, -0.1) is 0 Å². The third kappa shape index (κ3) is 4.90. The monoisotopic (exact) mass is 557 g/mol. The summed E-state index contributed by atoms with van der Waals surface area (Å²) in [6.45, 7) is -0.399. The highest BCUT2D eigenvalue weighted by Crippen LogP contribution is 2.41. The minimum absolute atomic E-state index is 0.0358. The second-order valence-corrected chi connectivity index (χ2v) is 8.74. The van der Waals surface area contributed by atoms with Crippen molar-refractivity contribution in [3.8, 4) is 0 Å². The maximum absolute atomic E-state index is 13.5. The lowest BCUT2D eigenvalue weighted by Crippen LogP contribution is -2.38. The van der Waals surface area contributed by atoms with E-state index in [2.05, 4.69) is 35.2 Å². The Kier molecular flexibility index (Phi) is 6.51. The summed E-state index contributed by atoms with van der Waals surface area (Å²) in [4.78, 5) is 22.1. The van der Waals surface area contributed by atoms with E-state index in [9.17, 15) is 31.4 Å². The lowest BCUT2D eigenvalue weighted by atomic mass is 9.94. The number of halogens is 7. The second kappa shape index (κ2) is 9.54. The molecule has 0 fully saturated rings. The van der Waals surface area contributed by atoms with Crippen LogP contribution in [-0.2, 0) is 23.9 Å². The quantitative estimate of drug-likeness (QED) is 0.338. The molecule has 0 saturated heterocycles. The molecule has 1 aliphatic heterocycles. The Labute approximate surface area is 214 Å². The van der Waals surface area contributed by atoms with Gasteiger partial charge in [0.2, 0.25) is 23.5 Å². The van der Waals surface area contributed by atoms with Crippen LogP contribution < -0.4 is 10.2 Å². The minimum atomic E-state index is -5.25. The molecule has 0 amide bonds. The van der Waals surface area contributed by atoms with Gasteiger partial charge in [0.15, 0.2) is 0 Å². The maximum Gasteiger partial charge on any atom is 0.451 e. The molecule has 16 heteroatoms. The fraction of sp³-hybridized carbons (Fsp3) is 0.318. The van der Waals surface area contributed by atoms with Gasteiger partial charge >= 0.3 is 12.4 Å². The molecule has 0 aliphatic carbocycles. The summed E-state index contributed by atoms with van der Waals surface area (Å²) in [5.41, 5.74) is 2.26. The second-order valence-electron chi connectivity index (χ2n) is 8.30. The molecule has 9 nitrogen and oxygen atoms in total. The molecule has 0 spiro atoms. The molecule has 0 saturated carbocycles. The fourth-order valence-corrected chi connectivity index (χ4v) is 4.47. The molecule has 0 bridgehead atoms. The van der Waals surface area contributed by atoms with Crippen LogP contribution >= 0.6 is 11.6 Å². The van der Waals surface area contributed by atoms with E-state index < -0.39 is 42.6 Å². The molecule has 1 radical (unpaired) electrons. The topological polar surface area (TPSA) is 115 Å². The Balaban J connectivity index is 1.68. The van der Waals surface area contributed by atoms with Crippen LogP contribution in [0.2, 0.25) is 5.02 Å². The van der Waals surface area contributed by atoms with E-state index >= 15 is 0 Å². The third-order valence-electron chi connectivity index (χ3n) is 5.85. The number of benzene rings is 1. The van der Waals surface area contributed by atoms with Crippen molar-refractivity contribution in [3.05, 3.63) is 64.1 Å². The first kappa shape index (κ1) is 25.9. The van der Waals surface area contributed by atoms with Gasteiger partial charge in [-0.3, -0.25) is 0 Å². The molecule has 1 atom stereocenters. The van der Waals surface area contributed by atoms with Crippen LogP contribution in [0.5, 0.6) is 0 Å². The number of hydrogen-bond acceptors (Lipinski definition) is 7. The van der Waals surface area contributed by atoms with E-state index in [1.165, 1.54) is 17.3 Å². The van der Waals surface area contributed by atoms with Gasteiger partial charge in [-0.1, -0.05) is 11.6 Å². The van der Waals surface area contributed by atoms with Crippen molar-refractivity contribution in [1.82, 2.24) is 29.9 Å². The van der Waals surface area contributed by atoms with Crippen molar-refractivity contribution in [1.29, 1.82) is 0 Å². The molecule has 5 rings (SSSR count). The van der Waals surface area contributed by atoms with Gasteiger partial charge in [0.1, 0.15) is 6.04 Å². The van der Waals surface area contributed by atoms with E-state index in [1.807, 2.05) is 0 Å². The van der Waals surface area contributed by atoms with Crippen LogP contribution in [0.4, 0.5) is 38.2 Å². The van der Waals surface area contributed by atoms with Gasteiger partial charge in [-0.25, -0.2) is 20.1 Å². The van der Waals surface area contributed by atoms with Crippen molar-refractivity contribution < 1.29 is 31.4 Å². The van der Waals surface area contributed by atoms with Gasteiger partial charge in [-0.2, -0.15) is 36.3 Å². The third-order valence-corrected chi connectivity index (χ3v) is 6.08. The van der Waals surface area contributed by atoms with Crippen LogP contribution in [0, 0.1) is 0 Å². The zero-order chi connectivity index (χ0) is 27.2. The SMILES string of the molecule is [O]CCNc1ncc(C2c3[nH]c4ccc(Cl)cc4c3CCN2c2nc(C(F)(F)F)nc(C(F)(F)F)n2)cn1. The standard InChI is InChI=1S/C22H16ClF6N8O/c23-11-1-2-14-13(7-11)12-3-5-37(20-35-17(21(24,25)26)34-18(36-20)22(27,28)29)16(15(12)33-14)10-8-31-19(32-9-10)30-4-6-38/h1-2,7-9,16,33H,3-6H2,(H,30,31,32). The Hall–Kier alpha value is -3.72. The Morgan fingerprint density at radius 1 is 1.03 bits per heavy atom. The predicted octanol–water partition coefficient (Wildman–Crippen LogP) is 4.83. The molecular weight excluding hydrogens is 542 g/mol. The molecule has 4 heterocycles. The van der Waals surface area contributed by atoms with Crippen LogP contribution in [0.25, 0.3) is 10.9 Å². The van der Waals surface area contributed by atoms with Crippen LogP contribution in [0.1, 0.15) is 34.5 Å². The number of fused-ring (bicyclic) bond motifs is 3. The summed E-state index contributed by atoms with van der Waals surface area (Å²) >= 11 is 6.16. The minimum Gasteiger partial charge on any atom is -0.356 e. The summed E-state index contributed by atoms with van der Waals surface area (Å²) in [5, 5.41) is 14.7. The Morgan fingerprint density at radius 3 is 2.29 bits per heavy atom. The van der Waals surface area contributed by atoms with Crippen molar-refractivity contribution >= 4 is 34.4 Å². The lowest BCUT2D eigenvalue weighted by Gasteiger charge is -2.36. The molecular formula is C22H16ClF6N8O. The van der Waals surface area contributed by atoms with Crippen LogP contribution in [0.15, 0.2) is 30.6 Å². The van der Waals surface area contributed by atoms with Gasteiger partial charge in [0.05, 0.1) is 6.61 Å². The number of H-pyrrole nitrogens is 1. The number of nitrogens with one attached hydrogen (secondary N) is 2. The predicted molar refractivity (Wildman–Crippen MR) is 122 cm³/mol. The summed E-state index contributed by atoms with van der Waals surface area (Å²) in [6.07, 6.45) is -7.53. The van der Waals surface area contributed by atoms with Crippen molar-refractivity contribution in [3.63, 3.8) is 0 Å². The molecule has 4 aromatic rings. The lowest BCUT2D eigenvalue weighted by molar-refractivity contribution is -0.155. The van der Waals surface area contributed by atoms with Gasteiger partial charge in [0.25, 0.3) is 0 Å². The molecule has 38 heavy (non-hydrogen) atoms. The number of alkyl halides is 6. The Bertz CT molecular complexity index is 1440. The number of anilines is 2. The van der Waals surface area contributed by atoms with Crippen molar-refractivity contribution in [2.75, 3.05) is 29.9 Å². The zero-order valence-corrected chi connectivity index (χ0v) is 19.8. The molecule has 1 aliphatic rings. The smallest absolute Gasteiger partial charge is 0.356 e. The highest BCUT2D eigenvalue weighted by atomic mass is 35.5. The van der Waals surface area contributed by atoms with E-state index in [1.54, 1.807) is 18.2 Å². The van der Waals surface area contributed by atoms with E-state index in [0.29, 0.717) is 21.8 Å². The number of hydrogen-bond donors (Lipinski definition) is 2. The summed E-state index contributed by atoms with van der Waals surface area (Å²) in [5.74, 6) is -4.59. The van der Waals surface area contributed by atoms with E-state index in [-0.39, 0.29) is 25.5 Å². The molecule has 3 aromatic heterocycles. The molecule has 1 aromatic carbocycles. The Morgan fingerprint density at radius 2 is 1.68 bits per heavy atom. The van der Waals surface area contributed by atoms with E-state index in [0.717, 1.165) is 10.9 Å². The van der Waals surface area contributed by atoms with Crippen LogP contribution in [-0.4, -0.2) is 49.6 Å². The largest absolute Gasteiger partial charge is 0.451 e. The van der Waals surface area contributed by atoms with Gasteiger partial charge in [0, 0.05) is 52.7 Å². The highest BCUT2D eigenvalue weighted by Gasteiger charge is 2.43. The average Bonchev–Trinajstić information content (AvgIpc) is 3.24. The number of aromatic amines is 1. The van der Waals surface area contributed by atoms with Gasteiger partial charge in [-0.05, 0) is 30.2 Å². The number of nitrogens with zero attached hydrogens (tertiary/aromatic N) is 6. The molecule has 199 valence electrons. The maximum atomic E-state index is 13.5. The van der Waals surface area contributed by atoms with E-state index in [4.69, 9.17) is 11.6 Å². The summed E-state index contributed by atoms with van der Waals surface area (Å²) in [6, 6.07) is 4.10.